The molecule has 2 heterocycles. The van der Waals surface area contributed by atoms with Crippen LogP contribution in [0.5, 0.6) is 0 Å². The Labute approximate surface area is 209 Å². The molecule has 9 nitrogen and oxygen atoms in total. The Hall–Kier alpha value is -3.89. The number of urea groups is 1. The number of fused-ring (bicyclic) bond motifs is 1. The topological polar surface area (TPSA) is 123 Å². The maximum atomic E-state index is 12.7. The van der Waals surface area contributed by atoms with E-state index in [0.717, 1.165) is 16.9 Å². The molecule has 11 heteroatoms. The molecule has 2 aromatic heterocycles. The zero-order valence-corrected chi connectivity index (χ0v) is 20.3. The Kier molecular flexibility index (Phi) is 7.33. The van der Waals surface area contributed by atoms with Gasteiger partial charge in [0.2, 0.25) is 5.89 Å². The first-order valence-corrected chi connectivity index (χ1v) is 11.7. The summed E-state index contributed by atoms with van der Waals surface area (Å²) in [6.07, 6.45) is -0.672. The number of alkyl carbamates (subject to hydrolysis) is 1. The summed E-state index contributed by atoms with van der Waals surface area (Å²) in [5.41, 5.74) is 1.32. The summed E-state index contributed by atoms with van der Waals surface area (Å²) in [7, 11) is 0. The van der Waals surface area contributed by atoms with Crippen molar-refractivity contribution in [2.45, 2.75) is 26.5 Å². The molecule has 0 fully saturated rings. The minimum absolute atomic E-state index is 0.0255. The van der Waals surface area contributed by atoms with Gasteiger partial charge in [-0.05, 0) is 43.7 Å². The van der Waals surface area contributed by atoms with E-state index < -0.39 is 23.8 Å². The van der Waals surface area contributed by atoms with Crippen molar-refractivity contribution in [2.75, 3.05) is 10.6 Å². The van der Waals surface area contributed by atoms with Gasteiger partial charge in [-0.1, -0.05) is 53.3 Å². The number of hydrogen-bond donors (Lipinski definition) is 3. The van der Waals surface area contributed by atoms with Crippen molar-refractivity contribution < 1.29 is 18.7 Å². The maximum absolute atomic E-state index is 12.7. The molecule has 0 saturated heterocycles. The highest BCUT2D eigenvalue weighted by Crippen LogP contribution is 2.33. The van der Waals surface area contributed by atoms with E-state index in [0.29, 0.717) is 26.1 Å². The molecular formula is C24H21ClN4O5S. The largest absolute Gasteiger partial charge is 0.445 e. The monoisotopic (exact) mass is 512 g/mol. The third-order valence-electron chi connectivity index (χ3n) is 4.99. The van der Waals surface area contributed by atoms with Crippen molar-refractivity contribution in [3.05, 3.63) is 87.1 Å². The van der Waals surface area contributed by atoms with Crippen LogP contribution in [0.4, 0.5) is 20.3 Å². The molecule has 0 radical (unpaired) electrons. The first-order valence-electron chi connectivity index (χ1n) is 10.5. The Bertz CT molecular complexity index is 1420. The lowest BCUT2D eigenvalue weighted by Crippen LogP contribution is -2.28. The zero-order valence-electron chi connectivity index (χ0n) is 18.8. The first-order chi connectivity index (χ1) is 16.8. The number of ether oxygens (including phenoxy) is 1. The van der Waals surface area contributed by atoms with Crippen LogP contribution in [0.3, 0.4) is 0 Å². The molecule has 35 heavy (non-hydrogen) atoms. The Morgan fingerprint density at radius 3 is 2.54 bits per heavy atom. The van der Waals surface area contributed by atoms with Crippen LogP contribution in [0.15, 0.2) is 63.8 Å². The van der Waals surface area contributed by atoms with Gasteiger partial charge in [0.1, 0.15) is 27.9 Å². The lowest BCUT2D eigenvalue weighted by molar-refractivity contribution is 0.134. The van der Waals surface area contributed by atoms with Crippen molar-refractivity contribution in [3.63, 3.8) is 0 Å². The van der Waals surface area contributed by atoms with Crippen LogP contribution < -0.4 is 21.6 Å². The molecule has 0 unspecified atom stereocenters. The lowest BCUT2D eigenvalue weighted by Gasteiger charge is -2.12. The Morgan fingerprint density at radius 2 is 1.83 bits per heavy atom. The van der Waals surface area contributed by atoms with Gasteiger partial charge in [-0.15, -0.1) is 0 Å². The van der Waals surface area contributed by atoms with Crippen molar-refractivity contribution in [3.8, 4) is 0 Å². The van der Waals surface area contributed by atoms with Crippen molar-refractivity contribution in [2.24, 2.45) is 0 Å². The second kappa shape index (κ2) is 10.6. The fourth-order valence-corrected chi connectivity index (χ4v) is 4.39. The predicted molar refractivity (Wildman–Crippen MR) is 135 cm³/mol. The SMILES string of the molecule is Cc1c(NC(=O)Nc2ccc(Cl)cc2)sc2nc([C@H](C)NC(=O)OCc3ccccc3)oc(=O)c12. The van der Waals surface area contributed by atoms with Crippen LogP contribution in [-0.4, -0.2) is 17.1 Å². The number of anilines is 2. The summed E-state index contributed by atoms with van der Waals surface area (Å²) in [6.45, 7) is 3.42. The maximum Gasteiger partial charge on any atom is 0.408 e. The van der Waals surface area contributed by atoms with E-state index in [-0.39, 0.29) is 17.9 Å². The van der Waals surface area contributed by atoms with E-state index in [1.807, 2.05) is 30.3 Å². The highest BCUT2D eigenvalue weighted by atomic mass is 35.5. The fourth-order valence-electron chi connectivity index (χ4n) is 3.19. The normalized spacial score (nSPS) is 11.6. The first kappa shape index (κ1) is 24.2. The van der Waals surface area contributed by atoms with E-state index in [4.69, 9.17) is 20.8 Å². The number of benzene rings is 2. The number of rotatable bonds is 6. The summed E-state index contributed by atoms with van der Waals surface area (Å²) >= 11 is 6.99. The number of aromatic nitrogens is 1. The van der Waals surface area contributed by atoms with Crippen LogP contribution >= 0.6 is 22.9 Å². The molecule has 3 amide bonds. The molecule has 0 spiro atoms. The van der Waals surface area contributed by atoms with Gasteiger partial charge in [-0.3, -0.25) is 5.32 Å². The van der Waals surface area contributed by atoms with Crippen molar-refractivity contribution >= 4 is 56.0 Å². The third-order valence-corrected chi connectivity index (χ3v) is 6.34. The van der Waals surface area contributed by atoms with Crippen LogP contribution in [0.2, 0.25) is 5.02 Å². The molecule has 0 aliphatic carbocycles. The van der Waals surface area contributed by atoms with Crippen LogP contribution in [0, 0.1) is 6.92 Å². The van der Waals surface area contributed by atoms with E-state index in [1.54, 1.807) is 38.1 Å². The summed E-state index contributed by atoms with van der Waals surface area (Å²) < 4.78 is 10.6. The average Bonchev–Trinajstić information content (AvgIpc) is 3.15. The quantitative estimate of drug-likeness (QED) is 0.298. The van der Waals surface area contributed by atoms with Crippen molar-refractivity contribution in [1.82, 2.24) is 10.3 Å². The number of nitrogens with zero attached hydrogens (tertiary/aromatic N) is 1. The molecule has 0 aliphatic heterocycles. The number of hydrogen-bond acceptors (Lipinski definition) is 7. The summed E-state index contributed by atoms with van der Waals surface area (Å²) in [6, 6.07) is 14.7. The standard InChI is InChI=1S/C24H21ClN4O5S/c1-13-18-21(35-20(13)29-23(31)27-17-10-8-16(25)9-11-17)28-19(34-22(18)30)14(2)26-24(32)33-12-15-6-4-3-5-7-15/h3-11,14H,12H2,1-2H3,(H,26,32)(H2,27,29,31)/t14-/m0/s1. The number of carbonyl (C=O) groups is 2. The van der Waals surface area contributed by atoms with Crippen LogP contribution in [0.25, 0.3) is 10.2 Å². The summed E-state index contributed by atoms with van der Waals surface area (Å²) in [5.74, 6) is 0.0255. The molecule has 0 bridgehead atoms. The van der Waals surface area contributed by atoms with Crippen LogP contribution in [-0.2, 0) is 11.3 Å². The van der Waals surface area contributed by atoms with Gasteiger partial charge in [0, 0.05) is 16.3 Å². The highest BCUT2D eigenvalue weighted by Gasteiger charge is 2.21. The van der Waals surface area contributed by atoms with Gasteiger partial charge in [0.25, 0.3) is 0 Å². The van der Waals surface area contributed by atoms with Gasteiger partial charge >= 0.3 is 17.7 Å². The van der Waals surface area contributed by atoms with Gasteiger partial charge in [-0.25, -0.2) is 19.4 Å². The molecule has 1 atom stereocenters. The summed E-state index contributed by atoms with van der Waals surface area (Å²) in [4.78, 5) is 42.0. The third kappa shape index (κ3) is 5.97. The molecule has 2 aromatic carbocycles. The van der Waals surface area contributed by atoms with Gasteiger partial charge in [0.05, 0.1) is 0 Å². The fraction of sp³-hybridized carbons (Fsp3) is 0.167. The predicted octanol–water partition coefficient (Wildman–Crippen LogP) is 5.84. The highest BCUT2D eigenvalue weighted by molar-refractivity contribution is 7.22. The molecular weight excluding hydrogens is 492 g/mol. The zero-order chi connectivity index (χ0) is 24.9. The number of thiophene rings is 1. The van der Waals surface area contributed by atoms with E-state index in [9.17, 15) is 14.4 Å². The second-order valence-electron chi connectivity index (χ2n) is 7.59. The van der Waals surface area contributed by atoms with Gasteiger partial charge < -0.3 is 19.8 Å². The molecule has 0 aliphatic rings. The number of carbonyl (C=O) groups excluding carboxylic acids is 2. The molecule has 3 N–H and O–H groups in total. The smallest absolute Gasteiger partial charge is 0.408 e. The second-order valence-corrected chi connectivity index (χ2v) is 9.03. The Morgan fingerprint density at radius 1 is 1.11 bits per heavy atom. The van der Waals surface area contributed by atoms with E-state index in [2.05, 4.69) is 20.9 Å². The number of aryl methyl sites for hydroxylation is 1. The Balaban J connectivity index is 1.45. The van der Waals surface area contributed by atoms with Crippen molar-refractivity contribution in [1.29, 1.82) is 0 Å². The number of nitrogens with one attached hydrogen (secondary N) is 3. The number of amides is 3. The van der Waals surface area contributed by atoms with Gasteiger partial charge in [0.15, 0.2) is 0 Å². The lowest BCUT2D eigenvalue weighted by atomic mass is 10.2. The minimum Gasteiger partial charge on any atom is -0.445 e. The minimum atomic E-state index is -0.720. The molecule has 0 saturated carbocycles. The van der Waals surface area contributed by atoms with Crippen LogP contribution in [0.1, 0.15) is 30.0 Å². The number of halogens is 1. The summed E-state index contributed by atoms with van der Waals surface area (Å²) in [5, 5.41) is 9.29. The molecule has 4 rings (SSSR count). The average molecular weight is 513 g/mol. The van der Waals surface area contributed by atoms with Gasteiger partial charge in [-0.2, -0.15) is 0 Å². The molecule has 4 aromatic rings. The molecule has 180 valence electrons. The van der Waals surface area contributed by atoms with E-state index in [1.165, 1.54) is 0 Å². The van der Waals surface area contributed by atoms with E-state index >= 15 is 0 Å².